The van der Waals surface area contributed by atoms with Crippen molar-refractivity contribution in [2.75, 3.05) is 39.3 Å². The molecule has 2 fully saturated rings. The molecule has 2 saturated heterocycles. The van der Waals surface area contributed by atoms with Gasteiger partial charge in [-0.3, -0.25) is 0 Å². The highest BCUT2D eigenvalue weighted by Gasteiger charge is 2.33. The minimum absolute atomic E-state index is 0.456. The van der Waals surface area contributed by atoms with Crippen molar-refractivity contribution in [1.29, 1.82) is 0 Å². The van der Waals surface area contributed by atoms with Gasteiger partial charge in [-0.05, 0) is 50.6 Å². The molecule has 21 heavy (non-hydrogen) atoms. The summed E-state index contributed by atoms with van der Waals surface area (Å²) in [5, 5.41) is 3.47. The molecule has 5 nitrogen and oxygen atoms in total. The normalized spacial score (nSPS) is 26.3. The van der Waals surface area contributed by atoms with E-state index in [0.29, 0.717) is 38.0 Å². The molecule has 1 N–H and O–H groups in total. The molecule has 2 heterocycles. The van der Waals surface area contributed by atoms with E-state index in [0.717, 1.165) is 45.2 Å². The summed E-state index contributed by atoms with van der Waals surface area (Å²) in [5.41, 5.74) is 0. The molecule has 1 unspecified atom stereocenters. The Morgan fingerprint density at radius 1 is 1.05 bits per heavy atom. The Kier molecular flexibility index (Phi) is 6.47. The summed E-state index contributed by atoms with van der Waals surface area (Å²) in [4.78, 5) is 0. The lowest BCUT2D eigenvalue weighted by Crippen LogP contribution is -2.50. The molecule has 0 aromatic heterocycles. The maximum Gasteiger partial charge on any atom is 0.281 e. The van der Waals surface area contributed by atoms with Gasteiger partial charge >= 0.3 is 0 Å². The van der Waals surface area contributed by atoms with E-state index in [1.54, 1.807) is 8.61 Å². The van der Waals surface area contributed by atoms with Crippen LogP contribution in [0.2, 0.25) is 0 Å². The number of hydrogen-bond acceptors (Lipinski definition) is 3. The number of hydrogen-bond donors (Lipinski definition) is 1. The van der Waals surface area contributed by atoms with E-state index in [1.165, 1.54) is 0 Å². The van der Waals surface area contributed by atoms with Crippen molar-refractivity contribution in [3.63, 3.8) is 0 Å². The summed E-state index contributed by atoms with van der Waals surface area (Å²) in [6, 6.07) is 0. The van der Waals surface area contributed by atoms with Crippen molar-refractivity contribution >= 4 is 10.2 Å². The maximum atomic E-state index is 12.7. The molecule has 0 aromatic rings. The lowest BCUT2D eigenvalue weighted by atomic mass is 9.99. The Labute approximate surface area is 130 Å². The molecule has 2 rings (SSSR count). The molecule has 1 atom stereocenters. The molecular formula is C15H31N3O2S. The second-order valence-electron chi connectivity index (χ2n) is 6.89. The highest BCUT2D eigenvalue weighted by molar-refractivity contribution is 7.86. The predicted octanol–water partition coefficient (Wildman–Crippen LogP) is 1.67. The number of nitrogens with zero attached hydrogens (tertiary/aromatic N) is 2. The van der Waals surface area contributed by atoms with Crippen molar-refractivity contribution in [3.8, 4) is 0 Å². The van der Waals surface area contributed by atoms with Crippen LogP contribution in [-0.4, -0.2) is 56.3 Å². The lowest BCUT2D eigenvalue weighted by molar-refractivity contribution is 0.233. The van der Waals surface area contributed by atoms with Gasteiger partial charge in [0, 0.05) is 26.2 Å². The van der Waals surface area contributed by atoms with E-state index in [-0.39, 0.29) is 0 Å². The SMILES string of the molecule is CC(C)CNCC1CCCN(S(=O)(=O)N2CCCCC2)C1. The lowest BCUT2D eigenvalue weighted by Gasteiger charge is -2.37. The zero-order valence-electron chi connectivity index (χ0n) is 13.6. The summed E-state index contributed by atoms with van der Waals surface area (Å²) in [7, 11) is -3.22. The average Bonchev–Trinajstić information content (AvgIpc) is 2.48. The maximum absolute atomic E-state index is 12.7. The Bertz CT molecular complexity index is 405. The van der Waals surface area contributed by atoms with Crippen LogP contribution in [0.15, 0.2) is 0 Å². The minimum atomic E-state index is -3.22. The standard InChI is InChI=1S/C15H31N3O2S/c1-14(2)11-16-12-15-7-6-10-18(13-15)21(19,20)17-8-4-3-5-9-17/h14-16H,3-13H2,1-2H3. The fourth-order valence-electron chi connectivity index (χ4n) is 3.24. The Balaban J connectivity index is 1.87. The van der Waals surface area contributed by atoms with Crippen LogP contribution in [0.3, 0.4) is 0 Å². The first-order chi connectivity index (χ1) is 10.00. The van der Waals surface area contributed by atoms with E-state index >= 15 is 0 Å². The second kappa shape index (κ2) is 7.90. The topological polar surface area (TPSA) is 52.7 Å². The molecule has 0 aliphatic carbocycles. The van der Waals surface area contributed by atoms with Crippen LogP contribution in [0.5, 0.6) is 0 Å². The van der Waals surface area contributed by atoms with Crippen molar-refractivity contribution in [2.24, 2.45) is 11.8 Å². The molecule has 2 aliphatic heterocycles. The van der Waals surface area contributed by atoms with Crippen LogP contribution in [0.4, 0.5) is 0 Å². The van der Waals surface area contributed by atoms with Crippen molar-refractivity contribution in [2.45, 2.75) is 46.0 Å². The molecule has 0 bridgehead atoms. The van der Waals surface area contributed by atoms with Crippen LogP contribution in [0.1, 0.15) is 46.0 Å². The zero-order chi connectivity index (χ0) is 15.3. The Morgan fingerprint density at radius 2 is 1.71 bits per heavy atom. The van der Waals surface area contributed by atoms with Crippen LogP contribution in [-0.2, 0) is 10.2 Å². The molecular weight excluding hydrogens is 286 g/mol. The second-order valence-corrected chi connectivity index (χ2v) is 8.81. The monoisotopic (exact) mass is 317 g/mol. The van der Waals surface area contributed by atoms with Crippen LogP contribution < -0.4 is 5.32 Å². The first-order valence-electron chi connectivity index (χ1n) is 8.46. The van der Waals surface area contributed by atoms with Crippen molar-refractivity contribution in [3.05, 3.63) is 0 Å². The molecule has 2 aliphatic rings. The third-order valence-electron chi connectivity index (χ3n) is 4.43. The summed E-state index contributed by atoms with van der Waals surface area (Å²) < 4.78 is 28.8. The van der Waals surface area contributed by atoms with Crippen LogP contribution in [0.25, 0.3) is 0 Å². The first kappa shape index (κ1) is 17.2. The van der Waals surface area contributed by atoms with Gasteiger partial charge in [0.15, 0.2) is 0 Å². The highest BCUT2D eigenvalue weighted by Crippen LogP contribution is 2.23. The van der Waals surface area contributed by atoms with E-state index in [9.17, 15) is 8.42 Å². The summed E-state index contributed by atoms with van der Waals surface area (Å²) >= 11 is 0. The largest absolute Gasteiger partial charge is 0.316 e. The highest BCUT2D eigenvalue weighted by atomic mass is 32.2. The van der Waals surface area contributed by atoms with E-state index < -0.39 is 10.2 Å². The molecule has 0 amide bonds. The predicted molar refractivity (Wildman–Crippen MR) is 86.3 cm³/mol. The van der Waals surface area contributed by atoms with E-state index in [1.807, 2.05) is 0 Å². The van der Waals surface area contributed by atoms with Crippen molar-refractivity contribution < 1.29 is 8.42 Å². The van der Waals surface area contributed by atoms with Gasteiger partial charge in [-0.2, -0.15) is 17.0 Å². The van der Waals surface area contributed by atoms with Crippen LogP contribution in [0, 0.1) is 11.8 Å². The van der Waals surface area contributed by atoms with Gasteiger partial charge in [0.05, 0.1) is 0 Å². The quantitative estimate of drug-likeness (QED) is 0.811. The van der Waals surface area contributed by atoms with Gasteiger partial charge in [0.25, 0.3) is 10.2 Å². The number of rotatable bonds is 6. The summed E-state index contributed by atoms with van der Waals surface area (Å²) in [5.74, 6) is 1.10. The van der Waals surface area contributed by atoms with Gasteiger partial charge < -0.3 is 5.32 Å². The van der Waals surface area contributed by atoms with Gasteiger partial charge in [0.1, 0.15) is 0 Å². The van der Waals surface area contributed by atoms with Gasteiger partial charge in [0.2, 0.25) is 0 Å². The number of piperidine rings is 2. The molecule has 6 heteroatoms. The number of nitrogens with one attached hydrogen (secondary N) is 1. The van der Waals surface area contributed by atoms with Crippen LogP contribution >= 0.6 is 0 Å². The molecule has 124 valence electrons. The molecule has 0 saturated carbocycles. The molecule has 0 aromatic carbocycles. The van der Waals surface area contributed by atoms with E-state index in [2.05, 4.69) is 19.2 Å². The van der Waals surface area contributed by atoms with Gasteiger partial charge in [-0.1, -0.05) is 20.3 Å². The third kappa shape index (κ3) is 4.91. The fourth-order valence-corrected chi connectivity index (χ4v) is 5.04. The molecule has 0 radical (unpaired) electrons. The Hall–Kier alpha value is -0.170. The summed E-state index contributed by atoms with van der Waals surface area (Å²) in [6.07, 6.45) is 5.30. The Morgan fingerprint density at radius 3 is 2.38 bits per heavy atom. The average molecular weight is 317 g/mol. The molecule has 0 spiro atoms. The summed E-state index contributed by atoms with van der Waals surface area (Å²) in [6.45, 7) is 9.12. The van der Waals surface area contributed by atoms with Gasteiger partial charge in [-0.25, -0.2) is 0 Å². The van der Waals surface area contributed by atoms with Gasteiger partial charge in [-0.15, -0.1) is 0 Å². The zero-order valence-corrected chi connectivity index (χ0v) is 14.4. The third-order valence-corrected chi connectivity index (χ3v) is 6.44. The minimum Gasteiger partial charge on any atom is -0.316 e. The van der Waals surface area contributed by atoms with Crippen molar-refractivity contribution in [1.82, 2.24) is 13.9 Å². The van der Waals surface area contributed by atoms with E-state index in [4.69, 9.17) is 0 Å². The smallest absolute Gasteiger partial charge is 0.281 e. The first-order valence-corrected chi connectivity index (χ1v) is 9.86. The fraction of sp³-hybridized carbons (Fsp3) is 1.00.